The highest BCUT2D eigenvalue weighted by atomic mass is 19.1. The molecule has 4 rings (SSSR count). The highest BCUT2D eigenvalue weighted by Crippen LogP contribution is 2.22. The van der Waals surface area contributed by atoms with Crippen LogP contribution in [0.4, 0.5) is 4.39 Å². The Morgan fingerprint density at radius 1 is 1.13 bits per heavy atom. The lowest BCUT2D eigenvalue weighted by molar-refractivity contribution is -0.121. The fourth-order valence-corrected chi connectivity index (χ4v) is 3.69. The van der Waals surface area contributed by atoms with E-state index in [0.717, 1.165) is 33.5 Å². The molecule has 5 nitrogen and oxygen atoms in total. The van der Waals surface area contributed by atoms with Crippen LogP contribution in [0.3, 0.4) is 0 Å². The van der Waals surface area contributed by atoms with Gasteiger partial charge >= 0.3 is 0 Å². The molecule has 1 aromatic heterocycles. The zero-order valence-corrected chi connectivity index (χ0v) is 17.5. The number of nitrogens with one attached hydrogen (secondary N) is 1. The lowest BCUT2D eigenvalue weighted by atomic mass is 10.0. The minimum Gasteiger partial charge on any atom is -0.496 e. The summed E-state index contributed by atoms with van der Waals surface area (Å²) < 4.78 is 20.8. The maximum Gasteiger partial charge on any atom is 0.224 e. The smallest absolute Gasteiger partial charge is 0.224 e. The van der Waals surface area contributed by atoms with Crippen molar-refractivity contribution in [3.05, 3.63) is 95.6 Å². The average molecular weight is 417 g/mol. The van der Waals surface area contributed by atoms with Gasteiger partial charge in [-0.3, -0.25) is 4.79 Å². The largest absolute Gasteiger partial charge is 0.496 e. The molecule has 6 heteroatoms. The highest BCUT2D eigenvalue weighted by Gasteiger charge is 2.17. The van der Waals surface area contributed by atoms with E-state index in [2.05, 4.69) is 10.3 Å². The molecule has 1 heterocycles. The molecule has 0 aliphatic heterocycles. The summed E-state index contributed by atoms with van der Waals surface area (Å²) in [5, 5.41) is 3.11. The van der Waals surface area contributed by atoms with Crippen molar-refractivity contribution in [1.29, 1.82) is 0 Å². The Labute approximate surface area is 180 Å². The third-order valence-corrected chi connectivity index (χ3v) is 5.35. The van der Waals surface area contributed by atoms with Gasteiger partial charge in [0, 0.05) is 6.54 Å². The Morgan fingerprint density at radius 2 is 1.90 bits per heavy atom. The van der Waals surface area contributed by atoms with Crippen LogP contribution in [0.25, 0.3) is 11.0 Å². The third-order valence-electron chi connectivity index (χ3n) is 5.35. The van der Waals surface area contributed by atoms with Gasteiger partial charge in [0.15, 0.2) is 0 Å². The van der Waals surface area contributed by atoms with Crippen LogP contribution in [0.2, 0.25) is 0 Å². The zero-order valence-electron chi connectivity index (χ0n) is 17.5. The number of aromatic nitrogens is 2. The van der Waals surface area contributed by atoms with Gasteiger partial charge in [-0.05, 0) is 53.9 Å². The van der Waals surface area contributed by atoms with Gasteiger partial charge in [0.2, 0.25) is 5.91 Å². The molecule has 0 radical (unpaired) electrons. The standard InChI is InChI=1S/C25H24FN3O2/c1-17-7-8-18(13-24(17)31-2)14-25(30)28-22(19-9-11-20(26)12-10-19)15-29-16-27-21-5-3-4-6-23(21)29/h3-13,16,22H,14-15H2,1-2H3,(H,28,30). The molecule has 1 N–H and O–H groups in total. The van der Waals surface area contributed by atoms with Crippen LogP contribution in [0.1, 0.15) is 22.7 Å². The van der Waals surface area contributed by atoms with Crippen molar-refractivity contribution < 1.29 is 13.9 Å². The SMILES string of the molecule is COc1cc(CC(=O)NC(Cn2cnc3ccccc32)c2ccc(F)cc2)ccc1C. The molecule has 4 aromatic rings. The fourth-order valence-electron chi connectivity index (χ4n) is 3.69. The summed E-state index contributed by atoms with van der Waals surface area (Å²) >= 11 is 0. The van der Waals surface area contributed by atoms with Gasteiger partial charge in [-0.1, -0.05) is 36.4 Å². The molecule has 1 amide bonds. The summed E-state index contributed by atoms with van der Waals surface area (Å²) in [7, 11) is 1.62. The molecule has 158 valence electrons. The molecular weight excluding hydrogens is 393 g/mol. The molecule has 1 atom stereocenters. The number of methoxy groups -OCH3 is 1. The second-order valence-corrected chi connectivity index (χ2v) is 7.54. The van der Waals surface area contributed by atoms with Crippen LogP contribution in [0.5, 0.6) is 5.75 Å². The van der Waals surface area contributed by atoms with Gasteiger partial charge < -0.3 is 14.6 Å². The van der Waals surface area contributed by atoms with E-state index in [1.54, 1.807) is 25.6 Å². The zero-order chi connectivity index (χ0) is 21.8. The summed E-state index contributed by atoms with van der Waals surface area (Å²) in [5.41, 5.74) is 4.58. The molecule has 0 aliphatic rings. The second kappa shape index (κ2) is 9.00. The molecule has 0 fully saturated rings. The minimum atomic E-state index is -0.335. The van der Waals surface area contributed by atoms with Crippen molar-refractivity contribution in [3.63, 3.8) is 0 Å². The summed E-state index contributed by atoms with van der Waals surface area (Å²) in [6.07, 6.45) is 1.98. The van der Waals surface area contributed by atoms with E-state index in [9.17, 15) is 9.18 Å². The van der Waals surface area contributed by atoms with Crippen LogP contribution in [-0.2, 0) is 17.8 Å². The minimum absolute atomic E-state index is 0.121. The number of halogens is 1. The number of hydrogen-bond donors (Lipinski definition) is 1. The van der Waals surface area contributed by atoms with E-state index in [-0.39, 0.29) is 24.2 Å². The molecule has 31 heavy (non-hydrogen) atoms. The van der Waals surface area contributed by atoms with E-state index in [4.69, 9.17) is 4.74 Å². The number of amides is 1. The van der Waals surface area contributed by atoms with E-state index in [1.807, 2.05) is 54.0 Å². The number of fused-ring (bicyclic) bond motifs is 1. The van der Waals surface area contributed by atoms with Crippen LogP contribution < -0.4 is 10.1 Å². The molecule has 0 saturated heterocycles. The summed E-state index contributed by atoms with van der Waals surface area (Å²) in [6, 6.07) is 19.5. The van der Waals surface area contributed by atoms with E-state index < -0.39 is 0 Å². The Morgan fingerprint density at radius 3 is 2.68 bits per heavy atom. The first kappa shape index (κ1) is 20.6. The number of benzene rings is 3. The summed E-state index contributed by atoms with van der Waals surface area (Å²) in [4.78, 5) is 17.3. The van der Waals surface area contributed by atoms with Crippen molar-refractivity contribution in [2.45, 2.75) is 25.9 Å². The molecule has 0 bridgehead atoms. The number of nitrogens with zero attached hydrogens (tertiary/aromatic N) is 2. The quantitative estimate of drug-likeness (QED) is 0.478. The number of aryl methyl sites for hydroxylation is 1. The maximum atomic E-state index is 13.5. The van der Waals surface area contributed by atoms with Crippen LogP contribution in [0, 0.1) is 12.7 Å². The Kier molecular flexibility index (Phi) is 5.98. The number of ether oxygens (including phenoxy) is 1. The van der Waals surface area contributed by atoms with Gasteiger partial charge in [-0.15, -0.1) is 0 Å². The van der Waals surface area contributed by atoms with Crippen molar-refractivity contribution in [3.8, 4) is 5.75 Å². The number of hydrogen-bond acceptors (Lipinski definition) is 3. The predicted octanol–water partition coefficient (Wildman–Crippen LogP) is 4.59. The number of carbonyl (C=O) groups excluding carboxylic acids is 1. The van der Waals surface area contributed by atoms with Crippen molar-refractivity contribution >= 4 is 16.9 Å². The topological polar surface area (TPSA) is 56.1 Å². The number of imidazole rings is 1. The van der Waals surface area contributed by atoms with Crippen molar-refractivity contribution in [1.82, 2.24) is 14.9 Å². The maximum absolute atomic E-state index is 13.5. The van der Waals surface area contributed by atoms with Gasteiger partial charge in [0.25, 0.3) is 0 Å². The number of para-hydroxylation sites is 2. The lowest BCUT2D eigenvalue weighted by Gasteiger charge is -2.21. The van der Waals surface area contributed by atoms with Gasteiger partial charge in [-0.25, -0.2) is 9.37 Å². The van der Waals surface area contributed by atoms with Gasteiger partial charge in [-0.2, -0.15) is 0 Å². The predicted molar refractivity (Wildman–Crippen MR) is 118 cm³/mol. The summed E-state index contributed by atoms with van der Waals surface area (Å²) in [5.74, 6) is 0.323. The first-order valence-corrected chi connectivity index (χ1v) is 10.1. The molecular formula is C25H24FN3O2. The van der Waals surface area contributed by atoms with Crippen LogP contribution in [-0.4, -0.2) is 22.6 Å². The normalized spacial score (nSPS) is 12.0. The van der Waals surface area contributed by atoms with Crippen LogP contribution in [0.15, 0.2) is 73.1 Å². The molecule has 0 spiro atoms. The van der Waals surface area contributed by atoms with Crippen molar-refractivity contribution in [2.24, 2.45) is 0 Å². The van der Waals surface area contributed by atoms with Crippen LogP contribution >= 0.6 is 0 Å². The molecule has 0 aliphatic carbocycles. The van der Waals surface area contributed by atoms with E-state index in [0.29, 0.717) is 6.54 Å². The van der Waals surface area contributed by atoms with Crippen molar-refractivity contribution in [2.75, 3.05) is 7.11 Å². The Bertz CT molecular complexity index is 1200. The second-order valence-electron chi connectivity index (χ2n) is 7.54. The highest BCUT2D eigenvalue weighted by molar-refractivity contribution is 5.79. The fraction of sp³-hybridized carbons (Fsp3) is 0.200. The Hall–Kier alpha value is -3.67. The monoisotopic (exact) mass is 417 g/mol. The van der Waals surface area contributed by atoms with Gasteiger partial charge in [0.05, 0.1) is 36.9 Å². The Balaban J connectivity index is 1.57. The van der Waals surface area contributed by atoms with Gasteiger partial charge in [0.1, 0.15) is 11.6 Å². The molecule has 3 aromatic carbocycles. The molecule has 0 saturated carbocycles. The number of carbonyl (C=O) groups is 1. The molecule has 1 unspecified atom stereocenters. The summed E-state index contributed by atoms with van der Waals surface area (Å²) in [6.45, 7) is 2.44. The number of rotatable bonds is 7. The first-order chi connectivity index (χ1) is 15.0. The lowest BCUT2D eigenvalue weighted by Crippen LogP contribution is -2.32. The van der Waals surface area contributed by atoms with E-state index in [1.165, 1.54) is 12.1 Å². The first-order valence-electron chi connectivity index (χ1n) is 10.1. The third kappa shape index (κ3) is 4.74. The average Bonchev–Trinajstić information content (AvgIpc) is 3.18. The van der Waals surface area contributed by atoms with E-state index >= 15 is 0 Å².